The van der Waals surface area contributed by atoms with Crippen molar-refractivity contribution in [3.63, 3.8) is 0 Å². The van der Waals surface area contributed by atoms with E-state index in [2.05, 4.69) is 15.4 Å². The van der Waals surface area contributed by atoms with Gasteiger partial charge < -0.3 is 5.32 Å². The van der Waals surface area contributed by atoms with E-state index in [1.807, 2.05) is 24.3 Å². The van der Waals surface area contributed by atoms with Crippen molar-refractivity contribution in [3.8, 4) is 0 Å². The predicted octanol–water partition coefficient (Wildman–Crippen LogP) is 4.34. The van der Waals surface area contributed by atoms with Crippen LogP contribution in [0.3, 0.4) is 0 Å². The van der Waals surface area contributed by atoms with Gasteiger partial charge in [-0.3, -0.25) is 4.79 Å². The molecule has 0 radical (unpaired) electrons. The van der Waals surface area contributed by atoms with Crippen molar-refractivity contribution in [3.05, 3.63) is 88.6 Å². The van der Waals surface area contributed by atoms with Crippen molar-refractivity contribution < 1.29 is 9.18 Å². The van der Waals surface area contributed by atoms with E-state index < -0.39 is 12.0 Å². The van der Waals surface area contributed by atoms with Gasteiger partial charge in [0.05, 0.1) is 12.0 Å². The van der Waals surface area contributed by atoms with Crippen LogP contribution in [-0.2, 0) is 4.79 Å². The number of allylic oxidation sites excluding steroid dienone is 2. The largest absolute Gasteiger partial charge is 0.328 e. The maximum absolute atomic E-state index is 14.6. The molecule has 1 aliphatic carbocycles. The van der Waals surface area contributed by atoms with E-state index in [9.17, 15) is 9.18 Å². The first-order valence-electron chi connectivity index (χ1n) is 9.02. The minimum atomic E-state index is -0.570. The first kappa shape index (κ1) is 17.1. The third kappa shape index (κ3) is 2.72. The SMILES string of the molecule is O=C1C[C@@H](c2cccc(Cl)c2)C=C2Nc3ncnn3[C@@H](c3ccccc3F)[C@H]12. The molecule has 5 nitrogen and oxygen atoms in total. The third-order valence-electron chi connectivity index (χ3n) is 5.39. The van der Waals surface area contributed by atoms with Gasteiger partial charge >= 0.3 is 0 Å². The lowest BCUT2D eigenvalue weighted by Crippen LogP contribution is -2.40. The number of carbonyl (C=O) groups is 1. The van der Waals surface area contributed by atoms with E-state index in [0.29, 0.717) is 23.0 Å². The van der Waals surface area contributed by atoms with Gasteiger partial charge in [0.1, 0.15) is 17.9 Å². The molecule has 0 spiro atoms. The van der Waals surface area contributed by atoms with Gasteiger partial charge in [-0.05, 0) is 23.8 Å². The number of fused-ring (bicyclic) bond motifs is 2. The summed E-state index contributed by atoms with van der Waals surface area (Å²) in [4.78, 5) is 17.5. The molecule has 1 aromatic heterocycles. The Bertz CT molecular complexity index is 1110. The monoisotopic (exact) mass is 394 g/mol. The number of nitrogens with one attached hydrogen (secondary N) is 1. The topological polar surface area (TPSA) is 59.8 Å². The Labute approximate surface area is 165 Å². The Kier molecular flexibility index (Phi) is 4.02. The first-order valence-corrected chi connectivity index (χ1v) is 9.40. The molecule has 28 heavy (non-hydrogen) atoms. The van der Waals surface area contributed by atoms with Crippen molar-refractivity contribution in [1.29, 1.82) is 0 Å². The Morgan fingerprint density at radius 1 is 1.18 bits per heavy atom. The number of aromatic nitrogens is 3. The highest BCUT2D eigenvalue weighted by Gasteiger charge is 2.43. The number of rotatable bonds is 2. The molecule has 7 heteroatoms. The van der Waals surface area contributed by atoms with E-state index in [4.69, 9.17) is 11.6 Å². The number of hydrogen-bond donors (Lipinski definition) is 1. The van der Waals surface area contributed by atoms with Gasteiger partial charge in [-0.25, -0.2) is 9.07 Å². The number of anilines is 1. The van der Waals surface area contributed by atoms with Gasteiger partial charge in [0.15, 0.2) is 0 Å². The number of halogens is 2. The molecular formula is C21H16ClFN4O. The Morgan fingerprint density at radius 3 is 2.86 bits per heavy atom. The maximum Gasteiger partial charge on any atom is 0.226 e. The third-order valence-corrected chi connectivity index (χ3v) is 5.63. The summed E-state index contributed by atoms with van der Waals surface area (Å²) in [5.41, 5.74) is 2.14. The molecule has 2 heterocycles. The maximum atomic E-state index is 14.6. The quantitative estimate of drug-likeness (QED) is 0.702. The molecule has 3 atom stereocenters. The average molecular weight is 395 g/mol. The zero-order valence-corrected chi connectivity index (χ0v) is 15.5. The van der Waals surface area contributed by atoms with Gasteiger partial charge in [-0.1, -0.05) is 48.0 Å². The van der Waals surface area contributed by atoms with Crippen LogP contribution in [0.15, 0.2) is 66.6 Å². The summed E-state index contributed by atoms with van der Waals surface area (Å²) in [6, 6.07) is 13.4. The van der Waals surface area contributed by atoms with Crippen LogP contribution in [-0.4, -0.2) is 20.5 Å². The van der Waals surface area contributed by atoms with Crippen LogP contribution in [0.2, 0.25) is 5.02 Å². The first-order chi connectivity index (χ1) is 13.6. The molecule has 1 N–H and O–H groups in total. The van der Waals surface area contributed by atoms with E-state index in [-0.39, 0.29) is 17.5 Å². The zero-order chi connectivity index (χ0) is 19.3. The highest BCUT2D eigenvalue weighted by molar-refractivity contribution is 6.30. The van der Waals surface area contributed by atoms with Crippen LogP contribution in [0.1, 0.15) is 29.5 Å². The van der Waals surface area contributed by atoms with E-state index in [1.165, 1.54) is 12.4 Å². The average Bonchev–Trinajstić information content (AvgIpc) is 3.15. The van der Waals surface area contributed by atoms with Gasteiger partial charge in [0.25, 0.3) is 0 Å². The summed E-state index contributed by atoms with van der Waals surface area (Å²) in [6.45, 7) is 0. The number of carbonyl (C=O) groups excluding carboxylic acids is 1. The molecule has 0 saturated carbocycles. The second-order valence-corrected chi connectivity index (χ2v) is 7.49. The van der Waals surface area contributed by atoms with Crippen molar-refractivity contribution in [1.82, 2.24) is 14.8 Å². The van der Waals surface area contributed by atoms with E-state index >= 15 is 0 Å². The fourth-order valence-corrected chi connectivity index (χ4v) is 4.35. The summed E-state index contributed by atoms with van der Waals surface area (Å²) < 4.78 is 16.2. The molecule has 0 unspecified atom stereocenters. The second kappa shape index (κ2) is 6.56. The summed E-state index contributed by atoms with van der Waals surface area (Å²) in [5.74, 6) is -0.470. The molecule has 3 aromatic rings. The smallest absolute Gasteiger partial charge is 0.226 e. The molecular weight excluding hydrogens is 379 g/mol. The number of nitrogens with zero attached hydrogens (tertiary/aromatic N) is 3. The molecule has 1 aliphatic heterocycles. The Balaban J connectivity index is 1.64. The summed E-state index contributed by atoms with van der Waals surface area (Å²) >= 11 is 6.13. The number of hydrogen-bond acceptors (Lipinski definition) is 4. The Hall–Kier alpha value is -2.99. The molecule has 2 aromatic carbocycles. The van der Waals surface area contributed by atoms with Crippen LogP contribution in [0.5, 0.6) is 0 Å². The van der Waals surface area contributed by atoms with Crippen LogP contribution >= 0.6 is 11.6 Å². The number of Topliss-reactive ketones (excluding diaryl/α,β-unsaturated/α-hetero) is 1. The molecule has 0 amide bonds. The predicted molar refractivity (Wildman–Crippen MR) is 104 cm³/mol. The van der Waals surface area contributed by atoms with E-state index in [0.717, 1.165) is 11.3 Å². The standard InChI is InChI=1S/C21H16ClFN4O/c22-14-5-3-4-12(8-14)13-9-17-19(18(28)10-13)20(15-6-1-2-7-16(15)23)27-21(26-17)24-11-25-27/h1-9,11,13,19-20H,10H2,(H,24,25,26)/t13-,19-,20-/m0/s1. The highest BCUT2D eigenvalue weighted by Crippen LogP contribution is 2.44. The van der Waals surface area contributed by atoms with Gasteiger partial charge in [0, 0.05) is 28.6 Å². The van der Waals surface area contributed by atoms with Crippen LogP contribution in [0, 0.1) is 11.7 Å². The lowest BCUT2D eigenvalue weighted by atomic mass is 9.75. The van der Waals surface area contributed by atoms with Crippen molar-refractivity contribution in [2.24, 2.45) is 5.92 Å². The van der Waals surface area contributed by atoms with Crippen molar-refractivity contribution >= 4 is 23.3 Å². The lowest BCUT2D eigenvalue weighted by molar-refractivity contribution is -0.123. The molecule has 0 fully saturated rings. The van der Waals surface area contributed by atoms with Crippen molar-refractivity contribution in [2.45, 2.75) is 18.4 Å². The van der Waals surface area contributed by atoms with Gasteiger partial charge in [-0.2, -0.15) is 10.1 Å². The molecule has 0 saturated heterocycles. The normalized spacial score (nSPS) is 23.4. The van der Waals surface area contributed by atoms with Gasteiger partial charge in [0.2, 0.25) is 5.95 Å². The molecule has 2 aliphatic rings. The van der Waals surface area contributed by atoms with E-state index in [1.54, 1.807) is 28.9 Å². The van der Waals surface area contributed by atoms with Gasteiger partial charge in [-0.15, -0.1) is 0 Å². The lowest BCUT2D eigenvalue weighted by Gasteiger charge is -2.38. The minimum absolute atomic E-state index is 0.0318. The summed E-state index contributed by atoms with van der Waals surface area (Å²) in [7, 11) is 0. The number of ketones is 1. The molecule has 5 rings (SSSR count). The number of benzene rings is 2. The summed E-state index contributed by atoms with van der Waals surface area (Å²) in [6.07, 6.45) is 3.77. The van der Waals surface area contributed by atoms with Crippen LogP contribution in [0.4, 0.5) is 10.3 Å². The highest BCUT2D eigenvalue weighted by atomic mass is 35.5. The molecule has 140 valence electrons. The zero-order valence-electron chi connectivity index (χ0n) is 14.7. The Morgan fingerprint density at radius 2 is 2.04 bits per heavy atom. The minimum Gasteiger partial charge on any atom is -0.328 e. The fraction of sp³-hybridized carbons (Fsp3) is 0.190. The second-order valence-electron chi connectivity index (χ2n) is 7.05. The van der Waals surface area contributed by atoms with Crippen molar-refractivity contribution in [2.75, 3.05) is 5.32 Å². The molecule has 0 bridgehead atoms. The van der Waals surface area contributed by atoms with Crippen LogP contribution < -0.4 is 5.32 Å². The summed E-state index contributed by atoms with van der Waals surface area (Å²) in [5, 5.41) is 8.10. The van der Waals surface area contributed by atoms with Crippen LogP contribution in [0.25, 0.3) is 0 Å². The fourth-order valence-electron chi connectivity index (χ4n) is 4.15.